The van der Waals surface area contributed by atoms with Gasteiger partial charge in [-0.25, -0.2) is 0 Å². The molecule has 2 rings (SSSR count). The van der Waals surface area contributed by atoms with E-state index in [9.17, 15) is 14.4 Å². The maximum absolute atomic E-state index is 12.0. The van der Waals surface area contributed by atoms with Crippen LogP contribution in [0.5, 0.6) is 5.75 Å². The molecular weight excluding hydrogens is 590 g/mol. The number of hydrogen-bond acceptors (Lipinski definition) is 6. The number of rotatable bonds is 10. The quantitative estimate of drug-likeness (QED) is 0.161. The van der Waals surface area contributed by atoms with E-state index in [0.717, 1.165) is 16.5 Å². The van der Waals surface area contributed by atoms with Crippen molar-refractivity contribution in [2.45, 2.75) is 32.6 Å². The molecule has 0 aliphatic carbocycles. The van der Waals surface area contributed by atoms with Crippen LogP contribution in [0, 0.1) is 6.92 Å². The Hall–Kier alpha value is -2.50. The third-order valence-corrected chi connectivity index (χ3v) is 5.63. The number of benzene rings is 2. The summed E-state index contributed by atoms with van der Waals surface area (Å²) in [6, 6.07) is 13.6. The fourth-order valence-corrected chi connectivity index (χ4v) is 4.51. The van der Waals surface area contributed by atoms with E-state index in [1.54, 1.807) is 0 Å². The second-order valence-corrected chi connectivity index (χ2v) is 9.36. The zero-order valence-corrected chi connectivity index (χ0v) is 22.5. The molecule has 0 aromatic heterocycles. The Kier molecular flexibility index (Phi) is 12.0. The van der Waals surface area contributed by atoms with Gasteiger partial charge in [0, 0.05) is 10.9 Å². The summed E-state index contributed by atoms with van der Waals surface area (Å²) >= 11 is 11.7. The molecule has 2 aromatic carbocycles. The fraction of sp³-hybridized carbons (Fsp3) is 0.304. The van der Waals surface area contributed by atoms with Crippen LogP contribution in [0.1, 0.15) is 30.4 Å². The maximum atomic E-state index is 12.0. The van der Waals surface area contributed by atoms with Crippen LogP contribution in [0.25, 0.3) is 0 Å². The molecule has 0 aliphatic heterocycles. The van der Waals surface area contributed by atoms with Gasteiger partial charge in [-0.15, -0.1) is 0 Å². The van der Waals surface area contributed by atoms with E-state index in [-0.39, 0.29) is 24.6 Å². The first-order valence-electron chi connectivity index (χ1n) is 10.4. The molecule has 182 valence electrons. The molecule has 0 radical (unpaired) electrons. The number of thiocarbonyl (C=S) groups is 1. The first-order valence-corrected chi connectivity index (χ1v) is 12.4. The molecule has 0 heterocycles. The van der Waals surface area contributed by atoms with Crippen molar-refractivity contribution in [3.05, 3.63) is 62.5 Å². The van der Waals surface area contributed by atoms with Crippen LogP contribution in [0.15, 0.2) is 51.4 Å². The number of ether oxygens (including phenoxy) is 2. The molecule has 0 spiro atoms. The second-order valence-electron chi connectivity index (χ2n) is 7.18. The van der Waals surface area contributed by atoms with Crippen LogP contribution >= 0.6 is 44.1 Å². The van der Waals surface area contributed by atoms with Crippen molar-refractivity contribution in [3.8, 4) is 5.75 Å². The van der Waals surface area contributed by atoms with E-state index < -0.39 is 17.8 Å². The number of aryl methyl sites for hydroxylation is 2. The Morgan fingerprint density at radius 3 is 2.44 bits per heavy atom. The van der Waals surface area contributed by atoms with Crippen LogP contribution in [0.3, 0.4) is 0 Å². The van der Waals surface area contributed by atoms with Crippen molar-refractivity contribution in [3.63, 3.8) is 0 Å². The Labute approximate surface area is 220 Å². The van der Waals surface area contributed by atoms with Gasteiger partial charge in [-0.1, -0.05) is 46.3 Å². The lowest BCUT2D eigenvalue weighted by molar-refractivity contribution is -0.145. The van der Waals surface area contributed by atoms with Gasteiger partial charge in [-0.3, -0.25) is 25.2 Å². The topological polar surface area (TPSA) is 106 Å². The highest BCUT2D eigenvalue weighted by atomic mass is 79.9. The summed E-state index contributed by atoms with van der Waals surface area (Å²) in [5.41, 5.74) is 6.77. The van der Waals surface area contributed by atoms with Gasteiger partial charge in [0.1, 0.15) is 5.75 Å². The van der Waals surface area contributed by atoms with E-state index in [2.05, 4.69) is 48.0 Å². The highest BCUT2D eigenvalue weighted by molar-refractivity contribution is 9.11. The van der Waals surface area contributed by atoms with Crippen molar-refractivity contribution < 1.29 is 23.9 Å². The van der Waals surface area contributed by atoms with Crippen LogP contribution in [-0.4, -0.2) is 36.1 Å². The van der Waals surface area contributed by atoms with Crippen LogP contribution in [0.4, 0.5) is 0 Å². The predicted molar refractivity (Wildman–Crippen MR) is 139 cm³/mol. The first-order chi connectivity index (χ1) is 16.2. The molecule has 0 fully saturated rings. The molecule has 11 heteroatoms. The Morgan fingerprint density at radius 2 is 1.74 bits per heavy atom. The summed E-state index contributed by atoms with van der Waals surface area (Å²) in [5, 5.41) is 2.28. The predicted octanol–water partition coefficient (Wildman–Crippen LogP) is 3.88. The molecule has 2 amide bonds. The Balaban J connectivity index is 1.57. The zero-order valence-electron chi connectivity index (χ0n) is 18.5. The SMILES string of the molecule is Cc1cc(Br)cc(Br)c1OCC(=O)NNC(=S)NC(=O)CCC(=O)OCCCc1ccccc1. The largest absolute Gasteiger partial charge is 0.482 e. The molecule has 0 atom stereocenters. The number of amides is 2. The summed E-state index contributed by atoms with van der Waals surface area (Å²) in [6.45, 7) is 1.88. The average molecular weight is 615 g/mol. The summed E-state index contributed by atoms with van der Waals surface area (Å²) in [4.78, 5) is 35.7. The molecule has 0 aliphatic rings. The van der Waals surface area contributed by atoms with Crippen LogP contribution in [0.2, 0.25) is 0 Å². The zero-order chi connectivity index (χ0) is 24.9. The van der Waals surface area contributed by atoms with Gasteiger partial charge in [0.05, 0.1) is 17.5 Å². The normalized spacial score (nSPS) is 10.2. The summed E-state index contributed by atoms with van der Waals surface area (Å²) in [7, 11) is 0. The van der Waals surface area contributed by atoms with Gasteiger partial charge < -0.3 is 14.8 Å². The minimum atomic E-state index is -0.495. The molecular formula is C23H25Br2N3O5S. The lowest BCUT2D eigenvalue weighted by Crippen LogP contribution is -2.49. The van der Waals surface area contributed by atoms with Gasteiger partial charge in [-0.2, -0.15) is 0 Å². The molecule has 2 aromatic rings. The lowest BCUT2D eigenvalue weighted by Gasteiger charge is -2.13. The van der Waals surface area contributed by atoms with Crippen molar-refractivity contribution in [2.75, 3.05) is 13.2 Å². The second kappa shape index (κ2) is 14.7. The van der Waals surface area contributed by atoms with Crippen LogP contribution in [-0.2, 0) is 25.5 Å². The van der Waals surface area contributed by atoms with E-state index in [1.165, 1.54) is 5.56 Å². The summed E-state index contributed by atoms with van der Waals surface area (Å²) in [6.07, 6.45) is 1.36. The average Bonchev–Trinajstić information content (AvgIpc) is 2.79. The molecule has 0 saturated carbocycles. The van der Waals surface area contributed by atoms with E-state index >= 15 is 0 Å². The fourth-order valence-electron chi connectivity index (χ4n) is 2.79. The Morgan fingerprint density at radius 1 is 1.00 bits per heavy atom. The third-order valence-electron chi connectivity index (χ3n) is 4.38. The highest BCUT2D eigenvalue weighted by Gasteiger charge is 2.12. The van der Waals surface area contributed by atoms with Crippen molar-refractivity contribution >= 4 is 67.0 Å². The number of hydrazine groups is 1. The maximum Gasteiger partial charge on any atom is 0.306 e. The minimum Gasteiger partial charge on any atom is -0.482 e. The molecule has 8 nitrogen and oxygen atoms in total. The molecule has 3 N–H and O–H groups in total. The highest BCUT2D eigenvalue weighted by Crippen LogP contribution is 2.32. The summed E-state index contributed by atoms with van der Waals surface area (Å²) in [5.74, 6) is -0.883. The van der Waals surface area contributed by atoms with Crippen molar-refractivity contribution in [1.82, 2.24) is 16.2 Å². The lowest BCUT2D eigenvalue weighted by atomic mass is 10.1. The van der Waals surface area contributed by atoms with E-state index in [1.807, 2.05) is 49.4 Å². The number of hydrogen-bond donors (Lipinski definition) is 3. The molecule has 0 unspecified atom stereocenters. The van der Waals surface area contributed by atoms with Gasteiger partial charge in [0.15, 0.2) is 11.7 Å². The Bertz CT molecular complexity index is 998. The third kappa shape index (κ3) is 10.6. The van der Waals surface area contributed by atoms with Crippen molar-refractivity contribution in [1.29, 1.82) is 0 Å². The molecule has 0 bridgehead atoms. The summed E-state index contributed by atoms with van der Waals surface area (Å²) < 4.78 is 12.3. The van der Waals surface area contributed by atoms with Gasteiger partial charge in [0.25, 0.3) is 5.91 Å². The van der Waals surface area contributed by atoms with Gasteiger partial charge in [-0.05, 0) is 71.2 Å². The minimum absolute atomic E-state index is 0.0681. The first kappa shape index (κ1) is 27.7. The van der Waals surface area contributed by atoms with Crippen molar-refractivity contribution in [2.24, 2.45) is 0 Å². The van der Waals surface area contributed by atoms with Gasteiger partial charge >= 0.3 is 5.97 Å². The molecule has 0 saturated heterocycles. The number of carbonyl (C=O) groups is 3. The van der Waals surface area contributed by atoms with Crippen LogP contribution < -0.4 is 20.9 Å². The van der Waals surface area contributed by atoms with E-state index in [0.29, 0.717) is 23.2 Å². The number of esters is 1. The number of nitrogens with one attached hydrogen (secondary N) is 3. The molecule has 34 heavy (non-hydrogen) atoms. The van der Waals surface area contributed by atoms with E-state index in [4.69, 9.17) is 21.7 Å². The number of halogens is 2. The standard InChI is InChI=1S/C23H25Br2N3O5S/c1-15-12-17(24)13-18(25)22(15)33-14-20(30)27-28-23(34)26-19(29)9-10-21(31)32-11-5-8-16-6-3-2-4-7-16/h2-4,6-7,12-13H,5,8-11,14H2,1H3,(H,27,30)(H2,26,28,29,34). The monoisotopic (exact) mass is 613 g/mol. The number of carbonyl (C=O) groups excluding carboxylic acids is 3. The van der Waals surface area contributed by atoms with Gasteiger partial charge in [0.2, 0.25) is 5.91 Å². The smallest absolute Gasteiger partial charge is 0.306 e.